The van der Waals surface area contributed by atoms with Gasteiger partial charge in [0.15, 0.2) is 0 Å². The van der Waals surface area contributed by atoms with Crippen LogP contribution in [0.15, 0.2) is 18.3 Å². The Balaban J connectivity index is 1.89. The van der Waals surface area contributed by atoms with Gasteiger partial charge in [0.25, 0.3) is 0 Å². The summed E-state index contributed by atoms with van der Waals surface area (Å²) in [5, 5.41) is 5.15. The Morgan fingerprint density at radius 1 is 1.00 bits per heavy atom. The molecule has 2 heterocycles. The van der Waals surface area contributed by atoms with Crippen molar-refractivity contribution in [3.8, 4) is 5.75 Å². The molecule has 0 saturated carbocycles. The second-order valence-corrected chi connectivity index (χ2v) is 13.0. The number of rotatable bonds is 6. The van der Waals surface area contributed by atoms with Crippen LogP contribution in [0.1, 0.15) is 47.9 Å². The number of carbonyl (C=O) groups excluding carboxylic acids is 1. The van der Waals surface area contributed by atoms with E-state index in [4.69, 9.17) is 23.2 Å². The van der Waals surface area contributed by atoms with E-state index in [0.717, 1.165) is 6.20 Å². The van der Waals surface area contributed by atoms with E-state index in [0.29, 0.717) is 18.6 Å². The summed E-state index contributed by atoms with van der Waals surface area (Å²) >= 11 is 12.7. The maximum Gasteiger partial charge on any atom is 0.534 e. The number of alkyl halides is 6. The van der Waals surface area contributed by atoms with E-state index < -0.39 is 70.6 Å². The molecule has 3 atom stereocenters. The zero-order valence-electron chi connectivity index (χ0n) is 19.2. The summed E-state index contributed by atoms with van der Waals surface area (Å²) in [5.41, 5.74) is -11.7. The van der Waals surface area contributed by atoms with Crippen LogP contribution in [0, 0.1) is 5.92 Å². The van der Waals surface area contributed by atoms with Gasteiger partial charge in [-0.1, -0.05) is 23.2 Å². The maximum atomic E-state index is 13.5. The SMILES string of the molecule is O=C1NCCC1[C@H](c1c(Cl)cc(OS(=O)(=O)C(F)(F)F)cc1Cl)C1CCCc2cnn(S(=O)(=O)C(F)(F)F)c21. The number of halogens is 8. The van der Waals surface area contributed by atoms with Gasteiger partial charge < -0.3 is 9.50 Å². The van der Waals surface area contributed by atoms with Gasteiger partial charge in [0.2, 0.25) is 5.91 Å². The van der Waals surface area contributed by atoms with E-state index in [2.05, 4.69) is 14.6 Å². The molecular weight excluding hydrogens is 627 g/mol. The van der Waals surface area contributed by atoms with Crippen molar-refractivity contribution in [2.75, 3.05) is 6.54 Å². The normalized spacial score (nSPS) is 21.4. The van der Waals surface area contributed by atoms with Crippen LogP contribution in [-0.4, -0.2) is 49.5 Å². The van der Waals surface area contributed by atoms with Gasteiger partial charge in [-0.15, -0.1) is 0 Å². The monoisotopic (exact) mass is 643 g/mol. The van der Waals surface area contributed by atoms with Crippen LogP contribution in [-0.2, 0) is 31.4 Å². The van der Waals surface area contributed by atoms with Crippen molar-refractivity contribution in [1.82, 2.24) is 14.5 Å². The first-order valence-electron chi connectivity index (χ1n) is 11.0. The fourth-order valence-electron chi connectivity index (χ4n) is 4.97. The molecule has 0 spiro atoms. The predicted molar refractivity (Wildman–Crippen MR) is 124 cm³/mol. The molecule has 0 radical (unpaired) electrons. The van der Waals surface area contributed by atoms with Crippen LogP contribution in [0.25, 0.3) is 0 Å². The van der Waals surface area contributed by atoms with Crippen LogP contribution in [0.2, 0.25) is 10.0 Å². The molecule has 2 unspecified atom stereocenters. The van der Waals surface area contributed by atoms with Crippen LogP contribution in [0.5, 0.6) is 5.75 Å². The van der Waals surface area contributed by atoms with Gasteiger partial charge in [0, 0.05) is 46.5 Å². The highest BCUT2D eigenvalue weighted by Gasteiger charge is 2.52. The lowest BCUT2D eigenvalue weighted by Gasteiger charge is -2.35. The van der Waals surface area contributed by atoms with Gasteiger partial charge in [-0.25, -0.2) is 0 Å². The van der Waals surface area contributed by atoms with E-state index in [1.807, 2.05) is 0 Å². The number of hydrogen-bond donors (Lipinski definition) is 1. The second-order valence-electron chi connectivity index (χ2n) is 8.84. The molecule has 19 heteroatoms. The molecule has 1 aromatic heterocycles. The Morgan fingerprint density at radius 2 is 1.62 bits per heavy atom. The molecule has 1 aliphatic carbocycles. The molecule has 1 aliphatic heterocycles. The molecule has 1 saturated heterocycles. The quantitative estimate of drug-likeness (QED) is 0.280. The lowest BCUT2D eigenvalue weighted by molar-refractivity contribution is -0.123. The van der Waals surface area contributed by atoms with E-state index in [-0.39, 0.29) is 46.7 Å². The summed E-state index contributed by atoms with van der Waals surface area (Å²) in [6, 6.07) is 1.42. The minimum atomic E-state index is -6.10. The van der Waals surface area contributed by atoms with Crippen LogP contribution in [0.3, 0.4) is 0 Å². The van der Waals surface area contributed by atoms with E-state index in [1.54, 1.807) is 0 Å². The molecule has 1 aromatic carbocycles. The Bertz CT molecular complexity index is 1500. The summed E-state index contributed by atoms with van der Waals surface area (Å²) < 4.78 is 130. The van der Waals surface area contributed by atoms with Crippen molar-refractivity contribution < 1.29 is 52.2 Å². The Kier molecular flexibility index (Phi) is 7.62. The second kappa shape index (κ2) is 9.99. The third kappa shape index (κ3) is 5.29. The molecule has 0 bridgehead atoms. The number of nitrogens with one attached hydrogen (secondary N) is 1. The lowest BCUT2D eigenvalue weighted by Crippen LogP contribution is -2.35. The predicted octanol–water partition coefficient (Wildman–Crippen LogP) is 4.46. The van der Waals surface area contributed by atoms with Crippen molar-refractivity contribution in [1.29, 1.82) is 0 Å². The Hall–Kier alpha value is -2.24. The van der Waals surface area contributed by atoms with E-state index >= 15 is 0 Å². The zero-order chi connectivity index (χ0) is 29.1. The lowest BCUT2D eigenvalue weighted by atomic mass is 9.70. The molecule has 1 amide bonds. The molecule has 9 nitrogen and oxygen atoms in total. The summed E-state index contributed by atoms with van der Waals surface area (Å²) in [5.74, 6) is -4.71. The molecule has 39 heavy (non-hydrogen) atoms. The highest BCUT2D eigenvalue weighted by atomic mass is 35.5. The third-order valence-electron chi connectivity index (χ3n) is 6.52. The van der Waals surface area contributed by atoms with E-state index in [9.17, 15) is 48.0 Å². The summed E-state index contributed by atoms with van der Waals surface area (Å²) in [7, 11) is -12.1. The number of fused-ring (bicyclic) bond motifs is 1. The Labute approximate surface area is 227 Å². The van der Waals surface area contributed by atoms with Crippen LogP contribution < -0.4 is 9.50 Å². The van der Waals surface area contributed by atoms with Gasteiger partial charge in [-0.3, -0.25) is 4.79 Å². The summed E-state index contributed by atoms with van der Waals surface area (Å²) in [6.45, 7) is 0.167. The van der Waals surface area contributed by atoms with Crippen molar-refractivity contribution in [3.05, 3.63) is 45.2 Å². The average molecular weight is 644 g/mol. The first-order chi connectivity index (χ1) is 17.9. The van der Waals surface area contributed by atoms with Crippen LogP contribution in [0.4, 0.5) is 26.3 Å². The third-order valence-corrected chi connectivity index (χ3v) is 9.46. The number of benzene rings is 1. The molecule has 2 aliphatic rings. The minimum Gasteiger partial charge on any atom is -0.376 e. The smallest absolute Gasteiger partial charge is 0.376 e. The van der Waals surface area contributed by atoms with Crippen LogP contribution >= 0.6 is 23.2 Å². The fourth-order valence-corrected chi connectivity index (χ4v) is 7.02. The molecule has 4 rings (SSSR count). The summed E-state index contributed by atoms with van der Waals surface area (Å²) in [4.78, 5) is 12.8. The topological polar surface area (TPSA) is 124 Å². The number of amides is 1. The van der Waals surface area contributed by atoms with Crippen molar-refractivity contribution in [3.63, 3.8) is 0 Å². The Morgan fingerprint density at radius 3 is 2.13 bits per heavy atom. The number of aromatic nitrogens is 2. The number of hydrogen-bond acceptors (Lipinski definition) is 7. The maximum absolute atomic E-state index is 13.5. The standard InChI is InChI=1S/C20H17Cl2F6N3O6S2/c21-13-6-10(37-39(35,36)20(26,27)28)7-14(22)16(13)15(12-4-5-29-18(12)32)11-3-1-2-9-8-30-31(17(9)11)38(33,34)19(23,24)25/h6-8,11-12,15H,1-5H2,(H,29,32)/t11?,12?,15-/m1/s1. The van der Waals surface area contributed by atoms with Gasteiger partial charge in [-0.05, 0) is 36.8 Å². The minimum absolute atomic E-state index is 0.0773. The summed E-state index contributed by atoms with van der Waals surface area (Å²) in [6.07, 6.45) is 1.75. The van der Waals surface area contributed by atoms with Gasteiger partial charge in [0.1, 0.15) is 5.75 Å². The highest BCUT2D eigenvalue weighted by molar-refractivity contribution is 7.90. The molecule has 216 valence electrons. The largest absolute Gasteiger partial charge is 0.534 e. The highest BCUT2D eigenvalue weighted by Crippen LogP contribution is 2.52. The van der Waals surface area contributed by atoms with Crippen molar-refractivity contribution >= 4 is 49.3 Å². The molecular formula is C20H17Cl2F6N3O6S2. The molecule has 1 fully saturated rings. The van der Waals surface area contributed by atoms with Crippen molar-refractivity contribution in [2.45, 2.75) is 48.5 Å². The fraction of sp³-hybridized carbons (Fsp3) is 0.500. The average Bonchev–Trinajstić information content (AvgIpc) is 3.41. The number of aryl methyl sites for hydroxylation is 1. The molecule has 1 N–H and O–H groups in total. The van der Waals surface area contributed by atoms with Crippen molar-refractivity contribution in [2.24, 2.45) is 5.92 Å². The number of nitrogens with zero attached hydrogens (tertiary/aromatic N) is 2. The van der Waals surface area contributed by atoms with Gasteiger partial charge in [0.05, 0.1) is 11.9 Å². The zero-order valence-corrected chi connectivity index (χ0v) is 22.3. The van der Waals surface area contributed by atoms with Gasteiger partial charge in [-0.2, -0.15) is 52.4 Å². The van der Waals surface area contributed by atoms with E-state index in [1.165, 1.54) is 0 Å². The van der Waals surface area contributed by atoms with Gasteiger partial charge >= 0.3 is 31.2 Å². The first-order valence-corrected chi connectivity index (χ1v) is 14.6. The first kappa shape index (κ1) is 29.7. The number of carbonyl (C=O) groups is 1. The molecule has 2 aromatic rings.